The second-order valence-electron chi connectivity index (χ2n) is 3.02. The fraction of sp³-hybridized carbons (Fsp3) is 0.800. The molecule has 90 valence electrons. The van der Waals surface area contributed by atoms with Gasteiger partial charge in [-0.1, -0.05) is 6.92 Å². The summed E-state index contributed by atoms with van der Waals surface area (Å²) in [6.45, 7) is 3.83. The molecule has 0 saturated heterocycles. The number of esters is 1. The van der Waals surface area contributed by atoms with Gasteiger partial charge in [-0.2, -0.15) is 0 Å². The van der Waals surface area contributed by atoms with Crippen LogP contribution in [0.1, 0.15) is 26.7 Å². The molecule has 1 atom stereocenters. The van der Waals surface area contributed by atoms with Crippen LogP contribution in [0.5, 0.6) is 0 Å². The molecule has 5 heteroatoms. The molecule has 0 aromatic rings. The van der Waals surface area contributed by atoms with Gasteiger partial charge in [-0.3, -0.25) is 9.59 Å². The van der Waals surface area contributed by atoms with Crippen LogP contribution in [0.4, 0.5) is 0 Å². The third-order valence-electron chi connectivity index (χ3n) is 1.52. The van der Waals surface area contributed by atoms with E-state index in [9.17, 15) is 9.59 Å². The largest absolute Gasteiger partial charge is 0.481 e. The number of ether oxygens (including phenoxy) is 2. The Morgan fingerprint density at radius 1 is 1.33 bits per heavy atom. The van der Waals surface area contributed by atoms with Crippen molar-refractivity contribution in [1.29, 1.82) is 0 Å². The summed E-state index contributed by atoms with van der Waals surface area (Å²) < 4.78 is 8.94. The monoisotopic (exact) mass is 220 g/mol. The van der Waals surface area contributed by atoms with Crippen LogP contribution >= 0.6 is 0 Å². The summed E-state index contributed by atoms with van der Waals surface area (Å²) in [5.41, 5.74) is 0. The third-order valence-corrected chi connectivity index (χ3v) is 1.52. The predicted molar refractivity (Wildman–Crippen MR) is 55.6 cm³/mol. The van der Waals surface area contributed by atoms with Crippen molar-refractivity contribution >= 4 is 11.9 Å². The van der Waals surface area contributed by atoms with Crippen molar-refractivity contribution in [1.82, 2.24) is 0 Å². The highest BCUT2D eigenvalue weighted by atomic mass is 16.5. The van der Waals surface area contributed by atoms with Crippen LogP contribution < -0.4 is 0 Å². The van der Waals surface area contributed by atoms with Gasteiger partial charge in [0.1, 0.15) is 0 Å². The molecule has 0 spiro atoms. The SMILES string of the molecule is CCCC(=O)OC.COCC(C)C(=O)O. The minimum absolute atomic E-state index is 0.123. The van der Waals surface area contributed by atoms with Gasteiger partial charge in [0, 0.05) is 13.5 Å². The number of hydrogen-bond acceptors (Lipinski definition) is 4. The van der Waals surface area contributed by atoms with E-state index in [4.69, 9.17) is 5.11 Å². The lowest BCUT2D eigenvalue weighted by molar-refractivity contribution is -0.143. The molecule has 0 rings (SSSR count). The van der Waals surface area contributed by atoms with Crippen LogP contribution in [0.15, 0.2) is 0 Å². The first kappa shape index (κ1) is 16.3. The van der Waals surface area contributed by atoms with E-state index in [0.717, 1.165) is 6.42 Å². The van der Waals surface area contributed by atoms with E-state index in [0.29, 0.717) is 6.42 Å². The Morgan fingerprint density at radius 3 is 2.00 bits per heavy atom. The second-order valence-corrected chi connectivity index (χ2v) is 3.02. The average Bonchev–Trinajstić information content (AvgIpc) is 2.19. The molecule has 5 nitrogen and oxygen atoms in total. The van der Waals surface area contributed by atoms with Crippen molar-refractivity contribution in [2.24, 2.45) is 5.92 Å². The van der Waals surface area contributed by atoms with Gasteiger partial charge in [-0.15, -0.1) is 0 Å². The zero-order valence-electron chi connectivity index (χ0n) is 9.78. The number of carboxylic acids is 1. The maximum atomic E-state index is 10.2. The van der Waals surface area contributed by atoms with E-state index in [1.54, 1.807) is 6.92 Å². The third kappa shape index (κ3) is 12.9. The molecule has 0 amide bonds. The second kappa shape index (κ2) is 11.0. The highest BCUT2D eigenvalue weighted by Gasteiger charge is 2.08. The molecule has 0 aliphatic carbocycles. The molecule has 0 heterocycles. The Bertz CT molecular complexity index is 179. The smallest absolute Gasteiger partial charge is 0.308 e. The number of methoxy groups -OCH3 is 2. The van der Waals surface area contributed by atoms with Gasteiger partial charge in [-0.25, -0.2) is 0 Å². The van der Waals surface area contributed by atoms with Gasteiger partial charge < -0.3 is 14.6 Å². The molecule has 0 saturated carbocycles. The summed E-state index contributed by atoms with van der Waals surface area (Å²) in [6.07, 6.45) is 1.41. The Balaban J connectivity index is 0. The fourth-order valence-electron chi connectivity index (χ4n) is 0.627. The zero-order chi connectivity index (χ0) is 12.3. The first-order chi connectivity index (χ1) is 6.99. The van der Waals surface area contributed by atoms with Crippen molar-refractivity contribution in [3.05, 3.63) is 0 Å². The van der Waals surface area contributed by atoms with Crippen molar-refractivity contribution in [2.45, 2.75) is 26.7 Å². The molecular formula is C10H20O5. The molecule has 0 aliphatic heterocycles. The Morgan fingerprint density at radius 2 is 1.87 bits per heavy atom. The molecule has 0 aromatic carbocycles. The van der Waals surface area contributed by atoms with E-state index < -0.39 is 5.97 Å². The Labute approximate surface area is 90.4 Å². The maximum absolute atomic E-state index is 10.2. The molecule has 15 heavy (non-hydrogen) atoms. The summed E-state index contributed by atoms with van der Waals surface area (Å²) in [5.74, 6) is -1.32. The normalized spacial score (nSPS) is 10.9. The molecule has 0 radical (unpaired) electrons. The quantitative estimate of drug-likeness (QED) is 0.707. The highest BCUT2D eigenvalue weighted by molar-refractivity contribution is 5.69. The number of aliphatic carboxylic acids is 1. The van der Waals surface area contributed by atoms with E-state index in [2.05, 4.69) is 9.47 Å². The van der Waals surface area contributed by atoms with E-state index in [1.807, 2.05) is 6.92 Å². The predicted octanol–water partition coefficient (Wildman–Crippen LogP) is 1.31. The van der Waals surface area contributed by atoms with Gasteiger partial charge >= 0.3 is 11.9 Å². The first-order valence-electron chi connectivity index (χ1n) is 4.78. The zero-order valence-corrected chi connectivity index (χ0v) is 9.78. The van der Waals surface area contributed by atoms with Crippen molar-refractivity contribution in [3.63, 3.8) is 0 Å². The van der Waals surface area contributed by atoms with Gasteiger partial charge in [0.2, 0.25) is 0 Å². The van der Waals surface area contributed by atoms with Gasteiger partial charge in [0.25, 0.3) is 0 Å². The molecule has 0 aromatic heterocycles. The maximum Gasteiger partial charge on any atom is 0.308 e. The fourth-order valence-corrected chi connectivity index (χ4v) is 0.627. The molecular weight excluding hydrogens is 200 g/mol. The van der Waals surface area contributed by atoms with Gasteiger partial charge in [0.05, 0.1) is 19.6 Å². The minimum Gasteiger partial charge on any atom is -0.481 e. The van der Waals surface area contributed by atoms with E-state index >= 15 is 0 Å². The summed E-state index contributed by atoms with van der Waals surface area (Å²) in [7, 11) is 2.89. The van der Waals surface area contributed by atoms with Crippen molar-refractivity contribution < 1.29 is 24.2 Å². The topological polar surface area (TPSA) is 72.8 Å². The van der Waals surface area contributed by atoms with Gasteiger partial charge in [0.15, 0.2) is 0 Å². The van der Waals surface area contributed by atoms with Crippen LogP contribution in [0.3, 0.4) is 0 Å². The van der Waals surface area contributed by atoms with Crippen LogP contribution in [0, 0.1) is 5.92 Å². The molecule has 0 aliphatic rings. The van der Waals surface area contributed by atoms with Crippen LogP contribution in [-0.2, 0) is 19.1 Å². The minimum atomic E-state index is -0.813. The van der Waals surface area contributed by atoms with Crippen LogP contribution in [0.25, 0.3) is 0 Å². The lowest BCUT2D eigenvalue weighted by atomic mass is 10.2. The summed E-state index contributed by atoms with van der Waals surface area (Å²) >= 11 is 0. The number of carbonyl (C=O) groups excluding carboxylic acids is 1. The molecule has 1 unspecified atom stereocenters. The van der Waals surface area contributed by atoms with E-state index in [1.165, 1.54) is 14.2 Å². The summed E-state index contributed by atoms with van der Waals surface area (Å²) in [6, 6.07) is 0. The average molecular weight is 220 g/mol. The number of carboxylic acid groups (broad SMARTS) is 1. The Kier molecular flexibility index (Phi) is 12.0. The van der Waals surface area contributed by atoms with Gasteiger partial charge in [-0.05, 0) is 13.3 Å². The van der Waals surface area contributed by atoms with Crippen LogP contribution in [-0.4, -0.2) is 37.9 Å². The van der Waals surface area contributed by atoms with Crippen LogP contribution in [0.2, 0.25) is 0 Å². The molecule has 0 fully saturated rings. The van der Waals surface area contributed by atoms with E-state index in [-0.39, 0.29) is 18.5 Å². The molecule has 0 bridgehead atoms. The highest BCUT2D eigenvalue weighted by Crippen LogP contribution is 1.92. The first-order valence-corrected chi connectivity index (χ1v) is 4.78. The number of carbonyl (C=O) groups is 2. The summed E-state index contributed by atoms with van der Waals surface area (Å²) in [4.78, 5) is 20.2. The lowest BCUT2D eigenvalue weighted by Crippen LogP contribution is -2.14. The van der Waals surface area contributed by atoms with Crippen molar-refractivity contribution in [2.75, 3.05) is 20.8 Å². The number of hydrogen-bond donors (Lipinski definition) is 1. The van der Waals surface area contributed by atoms with Crippen molar-refractivity contribution in [3.8, 4) is 0 Å². The number of rotatable bonds is 5. The lowest BCUT2D eigenvalue weighted by Gasteiger charge is -2.01. The standard InChI is InChI=1S/C5H10O3.C5H10O2/c1-4(3-8-2)5(6)7;1-3-4-5(6)7-2/h4H,3H2,1-2H3,(H,6,7);3-4H2,1-2H3. The summed E-state index contributed by atoms with van der Waals surface area (Å²) in [5, 5.41) is 8.23. The Hall–Kier alpha value is -1.10. The molecule has 1 N–H and O–H groups in total.